The van der Waals surface area contributed by atoms with Gasteiger partial charge >= 0.3 is 0 Å². The Hall–Kier alpha value is -2.44. The highest BCUT2D eigenvalue weighted by atomic mass is 16.6. The van der Waals surface area contributed by atoms with Crippen molar-refractivity contribution in [2.75, 3.05) is 10.6 Å². The molecule has 0 saturated heterocycles. The standard InChI is InChI=1S/C20H31N3O4/c1-3-5-7-9-11-19(24)21-16-13-14-18(23(26)27)17(15-16)22-20(25)12-10-8-6-4-2/h13-15H,3-12H2,1-2H3,(H,21,24)(H,22,25). The molecule has 7 nitrogen and oxygen atoms in total. The van der Waals surface area contributed by atoms with E-state index in [1.54, 1.807) is 0 Å². The van der Waals surface area contributed by atoms with Crippen molar-refractivity contribution in [2.24, 2.45) is 0 Å². The lowest BCUT2D eigenvalue weighted by atomic mass is 10.1. The molecule has 0 unspecified atom stereocenters. The average molecular weight is 377 g/mol. The van der Waals surface area contributed by atoms with Gasteiger partial charge in [-0.15, -0.1) is 0 Å². The summed E-state index contributed by atoms with van der Waals surface area (Å²) >= 11 is 0. The summed E-state index contributed by atoms with van der Waals surface area (Å²) in [7, 11) is 0. The molecule has 1 aromatic carbocycles. The number of carbonyl (C=O) groups excluding carboxylic acids is 2. The molecule has 1 rings (SSSR count). The lowest BCUT2D eigenvalue weighted by Gasteiger charge is -2.10. The number of nitro benzene ring substituents is 1. The zero-order valence-electron chi connectivity index (χ0n) is 16.4. The number of nitrogens with one attached hydrogen (secondary N) is 2. The molecule has 0 atom stereocenters. The molecular formula is C20H31N3O4. The molecule has 2 amide bonds. The fourth-order valence-corrected chi connectivity index (χ4v) is 2.73. The first-order chi connectivity index (χ1) is 13.0. The summed E-state index contributed by atoms with van der Waals surface area (Å²) in [6.45, 7) is 4.20. The van der Waals surface area contributed by atoms with E-state index in [2.05, 4.69) is 24.5 Å². The number of carbonyl (C=O) groups is 2. The molecule has 27 heavy (non-hydrogen) atoms. The van der Waals surface area contributed by atoms with Crippen molar-refractivity contribution in [2.45, 2.75) is 78.1 Å². The molecule has 1 aromatic rings. The normalized spacial score (nSPS) is 10.4. The third kappa shape index (κ3) is 9.17. The molecular weight excluding hydrogens is 346 g/mol. The number of unbranched alkanes of at least 4 members (excludes halogenated alkanes) is 6. The second-order valence-electron chi connectivity index (χ2n) is 6.71. The number of hydrogen-bond acceptors (Lipinski definition) is 4. The maximum atomic E-state index is 12.1. The highest BCUT2D eigenvalue weighted by Gasteiger charge is 2.17. The van der Waals surface area contributed by atoms with Gasteiger partial charge in [-0.25, -0.2) is 0 Å². The Morgan fingerprint density at radius 1 is 0.889 bits per heavy atom. The Morgan fingerprint density at radius 3 is 1.96 bits per heavy atom. The number of nitro groups is 1. The van der Waals surface area contributed by atoms with Crippen molar-refractivity contribution in [1.82, 2.24) is 0 Å². The van der Waals surface area contributed by atoms with Gasteiger partial charge in [0.15, 0.2) is 0 Å². The van der Waals surface area contributed by atoms with Crippen LogP contribution in [-0.4, -0.2) is 16.7 Å². The minimum atomic E-state index is -0.539. The summed E-state index contributed by atoms with van der Waals surface area (Å²) < 4.78 is 0. The van der Waals surface area contributed by atoms with E-state index in [1.165, 1.54) is 18.2 Å². The minimum Gasteiger partial charge on any atom is -0.326 e. The zero-order valence-corrected chi connectivity index (χ0v) is 16.4. The highest BCUT2D eigenvalue weighted by Crippen LogP contribution is 2.28. The maximum Gasteiger partial charge on any atom is 0.292 e. The van der Waals surface area contributed by atoms with Gasteiger partial charge < -0.3 is 10.6 Å². The summed E-state index contributed by atoms with van der Waals surface area (Å²) in [5.41, 5.74) is 0.379. The van der Waals surface area contributed by atoms with Gasteiger partial charge in [0.05, 0.1) is 4.92 Å². The summed E-state index contributed by atoms with van der Waals surface area (Å²) in [6, 6.07) is 4.24. The van der Waals surface area contributed by atoms with Crippen LogP contribution in [0.1, 0.15) is 78.1 Å². The van der Waals surface area contributed by atoms with Crippen LogP contribution >= 0.6 is 0 Å². The van der Waals surface area contributed by atoms with E-state index in [1.807, 2.05) is 0 Å². The summed E-state index contributed by atoms with van der Waals surface area (Å²) in [4.78, 5) is 34.7. The van der Waals surface area contributed by atoms with Crippen LogP contribution in [0.25, 0.3) is 0 Å². The number of hydrogen-bond donors (Lipinski definition) is 2. The Morgan fingerprint density at radius 2 is 1.44 bits per heavy atom. The second kappa shape index (κ2) is 12.8. The SMILES string of the molecule is CCCCCCC(=O)Nc1ccc([N+](=O)[O-])c(NC(=O)CCCCCC)c1. The van der Waals surface area contributed by atoms with E-state index < -0.39 is 4.92 Å². The number of amides is 2. The lowest BCUT2D eigenvalue weighted by Crippen LogP contribution is -2.14. The Balaban J connectivity index is 2.69. The smallest absolute Gasteiger partial charge is 0.292 e. The molecule has 150 valence electrons. The Labute approximate surface area is 161 Å². The average Bonchev–Trinajstić information content (AvgIpc) is 2.62. The first-order valence-corrected chi connectivity index (χ1v) is 9.86. The summed E-state index contributed by atoms with van der Waals surface area (Å²) in [5, 5.41) is 16.6. The molecule has 0 fully saturated rings. The summed E-state index contributed by atoms with van der Waals surface area (Å²) in [6.07, 6.45) is 8.60. The first kappa shape index (κ1) is 22.6. The third-order valence-corrected chi connectivity index (χ3v) is 4.27. The molecule has 0 aliphatic rings. The van der Waals surface area contributed by atoms with Gasteiger partial charge in [0.1, 0.15) is 5.69 Å². The molecule has 7 heteroatoms. The predicted molar refractivity (Wildman–Crippen MR) is 108 cm³/mol. The van der Waals surface area contributed by atoms with E-state index in [4.69, 9.17) is 0 Å². The van der Waals surface area contributed by atoms with Crippen molar-refractivity contribution in [1.29, 1.82) is 0 Å². The molecule has 0 aliphatic heterocycles. The molecule has 0 radical (unpaired) electrons. The molecule has 2 N–H and O–H groups in total. The van der Waals surface area contributed by atoms with Gasteiger partial charge in [0.25, 0.3) is 5.69 Å². The Kier molecular flexibility index (Phi) is 10.7. The molecule has 0 bridgehead atoms. The van der Waals surface area contributed by atoms with E-state index in [0.717, 1.165) is 51.4 Å². The van der Waals surface area contributed by atoms with Crippen molar-refractivity contribution >= 4 is 28.9 Å². The van der Waals surface area contributed by atoms with Crippen molar-refractivity contribution in [3.8, 4) is 0 Å². The molecule has 0 aromatic heterocycles. The van der Waals surface area contributed by atoms with Crippen molar-refractivity contribution < 1.29 is 14.5 Å². The van der Waals surface area contributed by atoms with Crippen LogP contribution in [0, 0.1) is 10.1 Å². The summed E-state index contributed by atoms with van der Waals surface area (Å²) in [5.74, 6) is -0.381. The number of rotatable bonds is 13. The van der Waals surface area contributed by atoms with Gasteiger partial charge in [0.2, 0.25) is 11.8 Å². The molecule has 0 heterocycles. The maximum absolute atomic E-state index is 12.1. The first-order valence-electron chi connectivity index (χ1n) is 9.86. The monoisotopic (exact) mass is 377 g/mol. The number of nitrogens with zero attached hydrogens (tertiary/aromatic N) is 1. The van der Waals surface area contributed by atoms with Gasteiger partial charge in [-0.2, -0.15) is 0 Å². The van der Waals surface area contributed by atoms with Gasteiger partial charge in [-0.3, -0.25) is 19.7 Å². The van der Waals surface area contributed by atoms with Crippen LogP contribution in [0.2, 0.25) is 0 Å². The second-order valence-corrected chi connectivity index (χ2v) is 6.71. The number of benzene rings is 1. The molecule has 0 saturated carbocycles. The van der Waals surface area contributed by atoms with E-state index >= 15 is 0 Å². The van der Waals surface area contributed by atoms with Gasteiger partial charge in [0, 0.05) is 24.6 Å². The molecule has 0 aliphatic carbocycles. The van der Waals surface area contributed by atoms with Gasteiger partial charge in [-0.1, -0.05) is 52.4 Å². The quantitative estimate of drug-likeness (QED) is 0.272. The third-order valence-electron chi connectivity index (χ3n) is 4.27. The lowest BCUT2D eigenvalue weighted by molar-refractivity contribution is -0.383. The molecule has 0 spiro atoms. The van der Waals surface area contributed by atoms with E-state index in [-0.39, 0.29) is 23.2 Å². The van der Waals surface area contributed by atoms with Crippen molar-refractivity contribution in [3.63, 3.8) is 0 Å². The van der Waals surface area contributed by atoms with Gasteiger partial charge in [-0.05, 0) is 25.0 Å². The van der Waals surface area contributed by atoms with Crippen LogP contribution in [0.5, 0.6) is 0 Å². The predicted octanol–water partition coefficient (Wildman–Crippen LogP) is 5.41. The Bertz CT molecular complexity index is 632. The number of anilines is 2. The zero-order chi connectivity index (χ0) is 20.1. The van der Waals surface area contributed by atoms with Crippen LogP contribution < -0.4 is 10.6 Å². The highest BCUT2D eigenvalue weighted by molar-refractivity contribution is 5.96. The minimum absolute atomic E-state index is 0.115. The van der Waals surface area contributed by atoms with E-state index in [0.29, 0.717) is 18.5 Å². The topological polar surface area (TPSA) is 101 Å². The van der Waals surface area contributed by atoms with Crippen LogP contribution in [0.4, 0.5) is 17.1 Å². The van der Waals surface area contributed by atoms with Crippen LogP contribution in [0.15, 0.2) is 18.2 Å². The largest absolute Gasteiger partial charge is 0.326 e. The fourth-order valence-electron chi connectivity index (χ4n) is 2.73. The van der Waals surface area contributed by atoms with E-state index in [9.17, 15) is 19.7 Å². The van der Waals surface area contributed by atoms with Crippen molar-refractivity contribution in [3.05, 3.63) is 28.3 Å². The van der Waals surface area contributed by atoms with Crippen LogP contribution in [-0.2, 0) is 9.59 Å². The fraction of sp³-hybridized carbons (Fsp3) is 0.600. The van der Waals surface area contributed by atoms with Crippen LogP contribution in [0.3, 0.4) is 0 Å².